The molecule has 5 rings (SSSR count). The van der Waals surface area contributed by atoms with Crippen molar-refractivity contribution in [2.75, 3.05) is 19.8 Å². The molecule has 4 aromatic rings. The first-order chi connectivity index (χ1) is 13.9. The van der Waals surface area contributed by atoms with E-state index in [2.05, 4.69) is 37.0 Å². The van der Waals surface area contributed by atoms with Gasteiger partial charge < -0.3 is 9.72 Å². The first-order valence-corrected chi connectivity index (χ1v) is 9.47. The van der Waals surface area contributed by atoms with E-state index >= 15 is 0 Å². The van der Waals surface area contributed by atoms with E-state index in [1.165, 1.54) is 10.9 Å². The molecule has 1 saturated heterocycles. The maximum atomic E-state index is 5.76. The fraction of sp³-hybridized carbons (Fsp3) is 0.227. The van der Waals surface area contributed by atoms with Crippen LogP contribution in [0.1, 0.15) is 17.4 Å². The van der Waals surface area contributed by atoms with E-state index in [1.807, 2.05) is 48.9 Å². The van der Waals surface area contributed by atoms with Gasteiger partial charge in [-0.2, -0.15) is 0 Å². The van der Waals surface area contributed by atoms with Gasteiger partial charge in [-0.1, -0.05) is 18.2 Å². The fourth-order valence-corrected chi connectivity index (χ4v) is 3.69. The van der Waals surface area contributed by atoms with Gasteiger partial charge >= 0.3 is 0 Å². The zero-order chi connectivity index (χ0) is 18.8. The number of aromatic nitrogens is 4. The Labute approximate surface area is 163 Å². The minimum Gasteiger partial charge on any atom is -0.378 e. The average Bonchev–Trinajstić information content (AvgIpc) is 3.25. The first-order valence-electron chi connectivity index (χ1n) is 9.47. The van der Waals surface area contributed by atoms with Gasteiger partial charge in [0, 0.05) is 42.6 Å². The molecule has 6 heteroatoms. The predicted octanol–water partition coefficient (Wildman–Crippen LogP) is 3.59. The Hall–Kier alpha value is -3.09. The molecule has 4 heterocycles. The molecule has 1 aromatic carbocycles. The maximum absolute atomic E-state index is 5.76. The van der Waals surface area contributed by atoms with E-state index in [4.69, 9.17) is 4.74 Å². The number of fused-ring (bicyclic) bond motifs is 1. The first kappa shape index (κ1) is 17.0. The number of imidazole rings is 1. The molecule has 6 nitrogen and oxygen atoms in total. The molecule has 0 saturated carbocycles. The number of aromatic amines is 1. The van der Waals surface area contributed by atoms with Crippen LogP contribution in [0.2, 0.25) is 0 Å². The molecular formula is C22H21N5O. The molecule has 140 valence electrons. The normalized spacial score (nSPS) is 17.8. The predicted molar refractivity (Wildman–Crippen MR) is 108 cm³/mol. The molecule has 1 fully saturated rings. The highest BCUT2D eigenvalue weighted by Gasteiger charge is 2.27. The van der Waals surface area contributed by atoms with E-state index in [1.54, 1.807) is 6.20 Å². The van der Waals surface area contributed by atoms with Crippen LogP contribution in [0.3, 0.4) is 0 Å². The smallest absolute Gasteiger partial charge is 0.126 e. The second-order valence-corrected chi connectivity index (χ2v) is 7.02. The zero-order valence-corrected chi connectivity index (χ0v) is 15.5. The molecule has 0 amide bonds. The average molecular weight is 371 g/mol. The van der Waals surface area contributed by atoms with Gasteiger partial charge in [0.1, 0.15) is 5.82 Å². The third-order valence-electron chi connectivity index (χ3n) is 5.16. The second kappa shape index (κ2) is 7.50. The van der Waals surface area contributed by atoms with Crippen molar-refractivity contribution in [1.29, 1.82) is 0 Å². The molecule has 0 radical (unpaired) electrons. The molecule has 1 aliphatic heterocycles. The third kappa shape index (κ3) is 3.40. The van der Waals surface area contributed by atoms with Crippen molar-refractivity contribution in [2.24, 2.45) is 0 Å². The summed E-state index contributed by atoms with van der Waals surface area (Å²) in [5.74, 6) is 0.923. The number of H-pyrrole nitrogens is 1. The van der Waals surface area contributed by atoms with Gasteiger partial charge in [-0.3, -0.25) is 14.9 Å². The lowest BCUT2D eigenvalue weighted by molar-refractivity contribution is -0.0156. The Kier molecular flexibility index (Phi) is 4.56. The summed E-state index contributed by atoms with van der Waals surface area (Å²) < 4.78 is 5.76. The number of nitrogens with one attached hydrogen (secondary N) is 1. The largest absolute Gasteiger partial charge is 0.378 e. The number of ether oxygens (including phenoxy) is 1. The van der Waals surface area contributed by atoms with Crippen molar-refractivity contribution in [3.05, 3.63) is 78.6 Å². The van der Waals surface area contributed by atoms with Crippen molar-refractivity contribution in [1.82, 2.24) is 24.8 Å². The molecular weight excluding hydrogens is 350 g/mol. The Morgan fingerprint density at radius 2 is 2.04 bits per heavy atom. The Morgan fingerprint density at radius 3 is 2.96 bits per heavy atom. The maximum Gasteiger partial charge on any atom is 0.126 e. The molecule has 1 N–H and O–H groups in total. The van der Waals surface area contributed by atoms with E-state index < -0.39 is 0 Å². The van der Waals surface area contributed by atoms with Gasteiger partial charge in [0.05, 0.1) is 36.7 Å². The van der Waals surface area contributed by atoms with Gasteiger partial charge in [0.2, 0.25) is 0 Å². The van der Waals surface area contributed by atoms with Crippen molar-refractivity contribution in [2.45, 2.75) is 12.6 Å². The number of pyridine rings is 2. The molecule has 0 unspecified atom stereocenters. The lowest BCUT2D eigenvalue weighted by Gasteiger charge is -2.34. The van der Waals surface area contributed by atoms with Gasteiger partial charge in [0.25, 0.3) is 0 Å². The summed E-state index contributed by atoms with van der Waals surface area (Å²) in [7, 11) is 0. The molecule has 1 atom stereocenters. The molecule has 1 aliphatic rings. The highest BCUT2D eigenvalue weighted by atomic mass is 16.5. The van der Waals surface area contributed by atoms with Crippen molar-refractivity contribution in [3.8, 4) is 11.3 Å². The van der Waals surface area contributed by atoms with Crippen LogP contribution in [0.5, 0.6) is 0 Å². The summed E-state index contributed by atoms with van der Waals surface area (Å²) in [4.78, 5) is 19.3. The van der Waals surface area contributed by atoms with Crippen LogP contribution in [0, 0.1) is 0 Å². The lowest BCUT2D eigenvalue weighted by Crippen LogP contribution is -2.39. The monoisotopic (exact) mass is 371 g/mol. The van der Waals surface area contributed by atoms with Gasteiger partial charge in [-0.05, 0) is 29.8 Å². The number of benzene rings is 1. The summed E-state index contributed by atoms with van der Waals surface area (Å²) in [5, 5.41) is 1.17. The van der Waals surface area contributed by atoms with Gasteiger partial charge in [-0.25, -0.2) is 4.98 Å². The van der Waals surface area contributed by atoms with Gasteiger partial charge in [0.15, 0.2) is 0 Å². The van der Waals surface area contributed by atoms with Crippen LogP contribution in [0.15, 0.2) is 67.3 Å². The number of morpholine rings is 1. The Bertz CT molecular complexity index is 1080. The summed E-state index contributed by atoms with van der Waals surface area (Å²) in [5.41, 5.74) is 4.23. The minimum atomic E-state index is 0.0886. The van der Waals surface area contributed by atoms with E-state index in [-0.39, 0.29) is 6.04 Å². The van der Waals surface area contributed by atoms with Crippen LogP contribution in [0.4, 0.5) is 0 Å². The number of rotatable bonds is 4. The van der Waals surface area contributed by atoms with E-state index in [0.717, 1.165) is 42.3 Å². The molecule has 0 bridgehead atoms. The van der Waals surface area contributed by atoms with Crippen LogP contribution in [-0.4, -0.2) is 44.6 Å². The number of para-hydroxylation sites is 1. The number of hydrogen-bond acceptors (Lipinski definition) is 5. The Morgan fingerprint density at radius 1 is 1.07 bits per heavy atom. The summed E-state index contributed by atoms with van der Waals surface area (Å²) in [6.07, 6.45) is 7.46. The van der Waals surface area contributed by atoms with Crippen LogP contribution in [0.25, 0.3) is 22.2 Å². The summed E-state index contributed by atoms with van der Waals surface area (Å²) in [6, 6.07) is 14.5. The molecule has 0 spiro atoms. The molecule has 3 aromatic heterocycles. The van der Waals surface area contributed by atoms with Crippen molar-refractivity contribution >= 4 is 10.9 Å². The summed E-state index contributed by atoms with van der Waals surface area (Å²) in [6.45, 7) is 3.03. The minimum absolute atomic E-state index is 0.0886. The quantitative estimate of drug-likeness (QED) is 0.594. The highest BCUT2D eigenvalue weighted by Crippen LogP contribution is 2.26. The van der Waals surface area contributed by atoms with E-state index in [9.17, 15) is 0 Å². The van der Waals surface area contributed by atoms with Crippen LogP contribution < -0.4 is 0 Å². The highest BCUT2D eigenvalue weighted by molar-refractivity contribution is 5.78. The van der Waals surface area contributed by atoms with Gasteiger partial charge in [-0.15, -0.1) is 0 Å². The van der Waals surface area contributed by atoms with Crippen molar-refractivity contribution in [3.63, 3.8) is 0 Å². The zero-order valence-electron chi connectivity index (χ0n) is 15.5. The lowest BCUT2D eigenvalue weighted by atomic mass is 10.1. The third-order valence-corrected chi connectivity index (χ3v) is 5.16. The van der Waals surface area contributed by atoms with Crippen LogP contribution in [-0.2, 0) is 11.3 Å². The standard InChI is InChI=1S/C22H21N5O/c1-2-6-19-17(4-1)10-16(11-24-19)14-27-8-9-28-15-21(27)22-25-13-20(26-22)18-5-3-7-23-12-18/h1-7,10-13,21H,8-9,14-15H2,(H,25,26)/t21-/m0/s1. The van der Waals surface area contributed by atoms with Crippen LogP contribution >= 0.6 is 0 Å². The van der Waals surface area contributed by atoms with E-state index in [0.29, 0.717) is 6.61 Å². The fourth-order valence-electron chi connectivity index (χ4n) is 3.69. The molecule has 0 aliphatic carbocycles. The number of hydrogen-bond donors (Lipinski definition) is 1. The SMILES string of the molecule is c1cncc(-c2cnc([C@@H]3COCCN3Cc3cnc4ccccc4c3)[nH]2)c1. The second-order valence-electron chi connectivity index (χ2n) is 7.02. The Balaban J connectivity index is 1.39. The number of nitrogens with zero attached hydrogens (tertiary/aromatic N) is 4. The topological polar surface area (TPSA) is 66.9 Å². The van der Waals surface area contributed by atoms with Crippen molar-refractivity contribution < 1.29 is 4.74 Å². The summed E-state index contributed by atoms with van der Waals surface area (Å²) >= 11 is 0. The molecule has 28 heavy (non-hydrogen) atoms.